The molecule has 0 radical (unpaired) electrons. The summed E-state index contributed by atoms with van der Waals surface area (Å²) in [5.74, 6) is 0.582. The molecule has 2 heteroatoms. The topological polar surface area (TPSA) is 12.0 Å². The van der Waals surface area contributed by atoms with E-state index in [4.69, 9.17) is 0 Å². The second-order valence-electron chi connectivity index (χ2n) is 5.88. The van der Waals surface area contributed by atoms with E-state index in [2.05, 4.69) is 69.4 Å². The maximum absolute atomic E-state index is 3.60. The van der Waals surface area contributed by atoms with Crippen LogP contribution in [0.15, 0.2) is 36.4 Å². The van der Waals surface area contributed by atoms with Gasteiger partial charge in [0.05, 0.1) is 0 Å². The van der Waals surface area contributed by atoms with Crippen LogP contribution >= 0.6 is 11.3 Å². The lowest BCUT2D eigenvalue weighted by atomic mass is 10.0. The minimum atomic E-state index is 0.507. The zero-order valence-corrected chi connectivity index (χ0v) is 14.5. The average Bonchev–Trinajstić information content (AvgIpc) is 2.97. The molecule has 1 N–H and O–H groups in total. The fraction of sp³-hybridized carbons (Fsp3) is 0.474. The van der Waals surface area contributed by atoms with Crippen molar-refractivity contribution in [1.29, 1.82) is 0 Å². The van der Waals surface area contributed by atoms with Crippen LogP contribution in [-0.4, -0.2) is 6.54 Å². The Labute approximate surface area is 133 Å². The van der Waals surface area contributed by atoms with Gasteiger partial charge in [-0.2, -0.15) is 0 Å². The summed E-state index contributed by atoms with van der Waals surface area (Å²) in [6.07, 6.45) is 2.42. The molecule has 114 valence electrons. The van der Waals surface area contributed by atoms with Crippen LogP contribution in [0.3, 0.4) is 0 Å². The van der Waals surface area contributed by atoms with Crippen molar-refractivity contribution < 1.29 is 0 Å². The molecule has 0 saturated carbocycles. The van der Waals surface area contributed by atoms with Crippen molar-refractivity contribution in [3.63, 3.8) is 0 Å². The number of benzene rings is 1. The van der Waals surface area contributed by atoms with Crippen molar-refractivity contribution in [1.82, 2.24) is 5.32 Å². The molecule has 0 saturated heterocycles. The van der Waals surface area contributed by atoms with Crippen LogP contribution in [0.25, 0.3) is 10.4 Å². The van der Waals surface area contributed by atoms with Gasteiger partial charge in [0.1, 0.15) is 0 Å². The summed E-state index contributed by atoms with van der Waals surface area (Å²) in [5.41, 5.74) is 2.77. The van der Waals surface area contributed by atoms with E-state index in [-0.39, 0.29) is 0 Å². The number of rotatable bonds is 7. The Morgan fingerprint density at radius 3 is 2.57 bits per heavy atom. The van der Waals surface area contributed by atoms with Crippen LogP contribution in [0.5, 0.6) is 0 Å². The first-order valence-electron chi connectivity index (χ1n) is 8.09. The third kappa shape index (κ3) is 4.18. The third-order valence-corrected chi connectivity index (χ3v) is 5.08. The van der Waals surface area contributed by atoms with Gasteiger partial charge >= 0.3 is 0 Å². The predicted molar refractivity (Wildman–Crippen MR) is 95.2 cm³/mol. The predicted octanol–water partition coefficient (Wildman–Crippen LogP) is 5.99. The molecular weight excluding hydrogens is 274 g/mol. The van der Waals surface area contributed by atoms with Crippen LogP contribution in [0.4, 0.5) is 0 Å². The Balaban J connectivity index is 2.24. The molecule has 0 aliphatic heterocycles. The average molecular weight is 301 g/mol. The summed E-state index contributed by atoms with van der Waals surface area (Å²) in [6, 6.07) is 14.0. The highest BCUT2D eigenvalue weighted by atomic mass is 32.1. The Morgan fingerprint density at radius 1 is 1.10 bits per heavy atom. The summed E-state index contributed by atoms with van der Waals surface area (Å²) in [6.45, 7) is 9.97. The molecule has 2 rings (SSSR count). The first-order chi connectivity index (χ1) is 10.2. The van der Waals surface area contributed by atoms with E-state index in [0.29, 0.717) is 12.0 Å². The van der Waals surface area contributed by atoms with Crippen molar-refractivity contribution in [3.05, 3.63) is 46.8 Å². The SMILES string of the molecule is CCCC(NCC)c1ccc(-c2cccc(C(C)C)c2)s1. The molecule has 1 aromatic carbocycles. The summed E-state index contributed by atoms with van der Waals surface area (Å²) < 4.78 is 0. The molecule has 1 aromatic heterocycles. The van der Waals surface area contributed by atoms with Gasteiger partial charge in [0, 0.05) is 15.8 Å². The zero-order valence-electron chi connectivity index (χ0n) is 13.6. The number of thiophene rings is 1. The molecule has 0 aliphatic carbocycles. The highest BCUT2D eigenvalue weighted by Gasteiger charge is 2.13. The van der Waals surface area contributed by atoms with Gasteiger partial charge in [-0.05, 0) is 42.1 Å². The number of nitrogens with one attached hydrogen (secondary N) is 1. The molecule has 1 heterocycles. The van der Waals surface area contributed by atoms with Gasteiger partial charge < -0.3 is 5.32 Å². The van der Waals surface area contributed by atoms with Crippen LogP contribution in [0.2, 0.25) is 0 Å². The van der Waals surface area contributed by atoms with Crippen molar-refractivity contribution in [2.45, 2.75) is 52.5 Å². The van der Waals surface area contributed by atoms with E-state index in [9.17, 15) is 0 Å². The van der Waals surface area contributed by atoms with Gasteiger partial charge in [-0.15, -0.1) is 11.3 Å². The fourth-order valence-corrected chi connectivity index (χ4v) is 3.74. The molecular formula is C19H27NS. The van der Waals surface area contributed by atoms with E-state index >= 15 is 0 Å². The van der Waals surface area contributed by atoms with Gasteiger partial charge in [0.25, 0.3) is 0 Å². The Kier molecular flexibility index (Phi) is 6.01. The van der Waals surface area contributed by atoms with Crippen molar-refractivity contribution in [2.75, 3.05) is 6.54 Å². The molecule has 0 bridgehead atoms. The molecule has 0 amide bonds. The molecule has 1 nitrogen and oxygen atoms in total. The normalized spacial score (nSPS) is 12.8. The van der Waals surface area contributed by atoms with Gasteiger partial charge in [0.15, 0.2) is 0 Å². The molecule has 1 atom stereocenters. The lowest BCUT2D eigenvalue weighted by Gasteiger charge is -2.15. The van der Waals surface area contributed by atoms with Gasteiger partial charge in [0.2, 0.25) is 0 Å². The van der Waals surface area contributed by atoms with E-state index in [1.54, 1.807) is 0 Å². The maximum atomic E-state index is 3.60. The fourth-order valence-electron chi connectivity index (χ4n) is 2.63. The highest BCUT2D eigenvalue weighted by Crippen LogP contribution is 2.34. The van der Waals surface area contributed by atoms with Crippen LogP contribution < -0.4 is 5.32 Å². The third-order valence-electron chi connectivity index (χ3n) is 3.84. The molecule has 0 spiro atoms. The first-order valence-corrected chi connectivity index (χ1v) is 8.90. The van der Waals surface area contributed by atoms with Gasteiger partial charge in [-0.1, -0.05) is 58.4 Å². The second kappa shape index (κ2) is 7.77. The summed E-state index contributed by atoms with van der Waals surface area (Å²) in [4.78, 5) is 2.84. The number of hydrogen-bond acceptors (Lipinski definition) is 2. The highest BCUT2D eigenvalue weighted by molar-refractivity contribution is 7.15. The molecule has 0 fully saturated rings. The lowest BCUT2D eigenvalue weighted by Crippen LogP contribution is -2.19. The Morgan fingerprint density at radius 2 is 1.90 bits per heavy atom. The maximum Gasteiger partial charge on any atom is 0.0414 e. The number of hydrogen-bond donors (Lipinski definition) is 1. The molecule has 0 aliphatic rings. The lowest BCUT2D eigenvalue weighted by molar-refractivity contribution is 0.516. The van der Waals surface area contributed by atoms with E-state index in [1.807, 2.05) is 11.3 Å². The largest absolute Gasteiger partial charge is 0.310 e. The van der Waals surface area contributed by atoms with Gasteiger partial charge in [-0.25, -0.2) is 0 Å². The monoisotopic (exact) mass is 301 g/mol. The van der Waals surface area contributed by atoms with E-state index in [1.165, 1.54) is 33.7 Å². The minimum Gasteiger partial charge on any atom is -0.310 e. The second-order valence-corrected chi connectivity index (χ2v) is 7.00. The quantitative estimate of drug-likeness (QED) is 0.662. The molecule has 21 heavy (non-hydrogen) atoms. The van der Waals surface area contributed by atoms with Gasteiger partial charge in [-0.3, -0.25) is 0 Å². The standard InChI is InChI=1S/C19H27NS/c1-5-8-17(20-6-2)19-12-11-18(21-19)16-10-7-9-15(13-16)14(3)4/h7,9-14,17,20H,5-6,8H2,1-4H3. The Hall–Kier alpha value is -1.12. The Bertz CT molecular complexity index is 550. The summed E-state index contributed by atoms with van der Waals surface area (Å²) in [5, 5.41) is 3.60. The summed E-state index contributed by atoms with van der Waals surface area (Å²) >= 11 is 1.93. The van der Waals surface area contributed by atoms with Crippen LogP contribution in [-0.2, 0) is 0 Å². The first kappa shape index (κ1) is 16.3. The van der Waals surface area contributed by atoms with Crippen LogP contribution in [0.1, 0.15) is 62.9 Å². The summed E-state index contributed by atoms with van der Waals surface area (Å²) in [7, 11) is 0. The van der Waals surface area contributed by atoms with E-state index < -0.39 is 0 Å². The van der Waals surface area contributed by atoms with Crippen molar-refractivity contribution >= 4 is 11.3 Å². The van der Waals surface area contributed by atoms with E-state index in [0.717, 1.165) is 6.54 Å². The molecule has 2 aromatic rings. The molecule has 1 unspecified atom stereocenters. The zero-order chi connectivity index (χ0) is 15.2. The minimum absolute atomic E-state index is 0.507. The van der Waals surface area contributed by atoms with Crippen molar-refractivity contribution in [3.8, 4) is 10.4 Å². The van der Waals surface area contributed by atoms with Crippen LogP contribution in [0, 0.1) is 0 Å². The smallest absolute Gasteiger partial charge is 0.0414 e. The van der Waals surface area contributed by atoms with Crippen molar-refractivity contribution in [2.24, 2.45) is 0 Å².